The molecule has 4 rings (SSSR count). The van der Waals surface area contributed by atoms with Gasteiger partial charge in [0.25, 0.3) is 0 Å². The Morgan fingerprint density at radius 2 is 2.00 bits per heavy atom. The van der Waals surface area contributed by atoms with Gasteiger partial charge in [0, 0.05) is 6.20 Å². The Kier molecular flexibility index (Phi) is 9.21. The molecule has 4 N–H and O–H groups in total. The first-order valence-corrected chi connectivity index (χ1v) is 14.2. The molecule has 2 aliphatic rings. The summed E-state index contributed by atoms with van der Waals surface area (Å²) in [5, 5.41) is 24.2. The summed E-state index contributed by atoms with van der Waals surface area (Å²) in [7, 11) is -2.72. The molecule has 1 aromatic carbocycles. The highest BCUT2D eigenvalue weighted by molar-refractivity contribution is 7.52. The van der Waals surface area contributed by atoms with Crippen LogP contribution in [0.3, 0.4) is 0 Å². The van der Waals surface area contributed by atoms with Crippen LogP contribution in [0.5, 0.6) is 5.75 Å². The summed E-state index contributed by atoms with van der Waals surface area (Å²) in [6, 6.07) is 6.86. The maximum atomic E-state index is 15.1. The second kappa shape index (κ2) is 12.3. The fourth-order valence-corrected chi connectivity index (χ4v) is 5.90. The third-order valence-corrected chi connectivity index (χ3v) is 8.28. The summed E-state index contributed by atoms with van der Waals surface area (Å²) in [5.41, 5.74) is -1.18. The Hall–Kier alpha value is -3.27. The Labute approximate surface area is 232 Å². The Bertz CT molecular complexity index is 1360. The molecule has 0 saturated carbocycles. The van der Waals surface area contributed by atoms with E-state index >= 15 is 8.78 Å². The molecular weight excluding hydrogens is 571 g/mol. The number of aliphatic hydroxyl groups is 1. The number of carbonyl (C=O) groups excluding carboxylic acids is 1. The van der Waals surface area contributed by atoms with Crippen LogP contribution in [0.1, 0.15) is 26.0 Å². The largest absolute Gasteiger partial charge is 0.480 e. The predicted octanol–water partition coefficient (Wildman–Crippen LogP) is 1.44. The van der Waals surface area contributed by atoms with Crippen LogP contribution in [-0.4, -0.2) is 87.0 Å². The van der Waals surface area contributed by atoms with E-state index in [4.69, 9.17) is 13.8 Å². The van der Waals surface area contributed by atoms with E-state index < -0.39 is 68.4 Å². The van der Waals surface area contributed by atoms with E-state index in [1.807, 2.05) is 4.90 Å². The van der Waals surface area contributed by atoms with Crippen molar-refractivity contribution >= 4 is 25.4 Å². The molecular formula is C24H30F2N5O9P. The van der Waals surface area contributed by atoms with Crippen molar-refractivity contribution in [3.05, 3.63) is 53.1 Å². The van der Waals surface area contributed by atoms with Gasteiger partial charge in [0.1, 0.15) is 23.7 Å². The number of amides is 1. The molecule has 0 aliphatic carbocycles. The maximum Gasteiger partial charge on any atom is 0.459 e. The SMILES string of the molecule is C[C@H](NP(=O)(OC[C@H]1O[C@@H](n2ccc(NC(=O)[C@@H]3CCCN3C)nc2=O)C(F)(F)[C@@H]1O)Oc1ccccc1)C(=O)O. The van der Waals surface area contributed by atoms with Crippen molar-refractivity contribution in [2.45, 2.75) is 56.2 Å². The molecule has 0 radical (unpaired) electrons. The number of nitrogens with one attached hydrogen (secondary N) is 2. The minimum Gasteiger partial charge on any atom is -0.480 e. The minimum atomic E-state index is -4.50. The standard InChI is InChI=1S/C24H30F2N5O9P/c1-14(21(34)35)29-41(37,40-15-7-4-3-5-8-15)38-13-17-19(32)24(25,26)22(39-17)31-12-10-18(28-23(31)36)27-20(33)16-9-6-11-30(16)2/h3-5,7-8,10,12,14,16-17,19,22,32H,6,9,11,13H2,1-2H3,(H,29,37)(H,34,35)(H,27,28,33,36)/t14-,16-,17+,19+,22+,41?/m0/s1. The fraction of sp³-hybridized carbons (Fsp3) is 0.500. The van der Waals surface area contributed by atoms with E-state index in [0.717, 1.165) is 32.2 Å². The first-order chi connectivity index (χ1) is 19.3. The van der Waals surface area contributed by atoms with Gasteiger partial charge in [0.15, 0.2) is 6.10 Å². The van der Waals surface area contributed by atoms with Crippen molar-refractivity contribution in [2.75, 3.05) is 25.5 Å². The Morgan fingerprint density at radius 1 is 1.29 bits per heavy atom. The lowest BCUT2D eigenvalue weighted by Crippen LogP contribution is -2.42. The number of para-hydroxylation sites is 1. The lowest BCUT2D eigenvalue weighted by Gasteiger charge is -2.23. The molecule has 2 saturated heterocycles. The van der Waals surface area contributed by atoms with E-state index in [-0.39, 0.29) is 11.6 Å². The number of alkyl halides is 2. The first kappa shape index (κ1) is 30.7. The number of carboxylic acid groups (broad SMARTS) is 1. The van der Waals surface area contributed by atoms with Gasteiger partial charge >= 0.3 is 25.3 Å². The number of halogens is 2. The summed E-state index contributed by atoms with van der Waals surface area (Å²) in [6.07, 6.45) is -4.26. The highest BCUT2D eigenvalue weighted by atomic mass is 31.2. The highest BCUT2D eigenvalue weighted by Gasteiger charge is 2.60. The monoisotopic (exact) mass is 601 g/mol. The number of hydrogen-bond acceptors (Lipinski definition) is 10. The minimum absolute atomic E-state index is 0.0291. The van der Waals surface area contributed by atoms with Gasteiger partial charge in [-0.25, -0.2) is 9.36 Å². The smallest absolute Gasteiger partial charge is 0.459 e. The summed E-state index contributed by atoms with van der Waals surface area (Å²) in [6.45, 7) is 0.966. The number of aliphatic carboxylic acids is 1. The zero-order chi connectivity index (χ0) is 29.9. The number of benzene rings is 1. The number of ether oxygens (including phenoxy) is 1. The molecule has 1 amide bonds. The summed E-state index contributed by atoms with van der Waals surface area (Å²) < 4.78 is 59.7. The molecule has 2 fully saturated rings. The number of likely N-dealkylation sites (N-methyl/N-ethyl adjacent to an activating group) is 1. The van der Waals surface area contributed by atoms with Crippen LogP contribution >= 0.6 is 7.75 Å². The van der Waals surface area contributed by atoms with Crippen LogP contribution in [0, 0.1) is 0 Å². The van der Waals surface area contributed by atoms with Crippen LogP contribution in [0.15, 0.2) is 47.4 Å². The second-order valence-corrected chi connectivity index (χ2v) is 11.4. The number of carboxylic acids is 1. The van der Waals surface area contributed by atoms with E-state index in [9.17, 15) is 29.2 Å². The number of likely N-dealkylation sites (tertiary alicyclic amines) is 1. The quantitative estimate of drug-likeness (QED) is 0.273. The fourth-order valence-electron chi connectivity index (χ4n) is 4.39. The molecule has 0 bridgehead atoms. The van der Waals surface area contributed by atoms with Crippen LogP contribution in [0.25, 0.3) is 0 Å². The van der Waals surface area contributed by atoms with Crippen molar-refractivity contribution in [3.8, 4) is 5.75 Å². The van der Waals surface area contributed by atoms with E-state index in [2.05, 4.69) is 15.4 Å². The average Bonchev–Trinajstić information content (AvgIpc) is 3.44. The predicted molar refractivity (Wildman–Crippen MR) is 139 cm³/mol. The highest BCUT2D eigenvalue weighted by Crippen LogP contribution is 2.48. The van der Waals surface area contributed by atoms with Gasteiger partial charge in [0.2, 0.25) is 12.1 Å². The van der Waals surface area contributed by atoms with Gasteiger partial charge < -0.3 is 24.8 Å². The molecule has 2 aliphatic heterocycles. The lowest BCUT2D eigenvalue weighted by atomic mass is 10.1. The van der Waals surface area contributed by atoms with Gasteiger partial charge in [-0.3, -0.25) is 23.6 Å². The van der Waals surface area contributed by atoms with Crippen molar-refractivity contribution in [2.24, 2.45) is 0 Å². The summed E-state index contributed by atoms with van der Waals surface area (Å²) in [5.74, 6) is -5.92. The first-order valence-electron chi connectivity index (χ1n) is 12.6. The molecule has 1 aromatic heterocycles. The Morgan fingerprint density at radius 3 is 2.61 bits per heavy atom. The molecule has 17 heteroatoms. The lowest BCUT2D eigenvalue weighted by molar-refractivity contribution is -0.141. The van der Waals surface area contributed by atoms with E-state index in [1.165, 1.54) is 12.1 Å². The van der Waals surface area contributed by atoms with Crippen molar-refractivity contribution in [1.29, 1.82) is 0 Å². The van der Waals surface area contributed by atoms with Crippen LogP contribution in [-0.2, 0) is 23.4 Å². The number of carbonyl (C=O) groups is 2. The third kappa shape index (κ3) is 6.97. The third-order valence-electron chi connectivity index (χ3n) is 6.64. The zero-order valence-corrected chi connectivity index (χ0v) is 22.9. The van der Waals surface area contributed by atoms with Crippen molar-refractivity contribution in [3.63, 3.8) is 0 Å². The van der Waals surface area contributed by atoms with E-state index in [0.29, 0.717) is 11.0 Å². The zero-order valence-electron chi connectivity index (χ0n) is 22.1. The number of anilines is 1. The van der Waals surface area contributed by atoms with E-state index in [1.54, 1.807) is 25.2 Å². The van der Waals surface area contributed by atoms with Gasteiger partial charge in [-0.2, -0.15) is 18.9 Å². The molecule has 6 atom stereocenters. The molecule has 41 heavy (non-hydrogen) atoms. The maximum absolute atomic E-state index is 15.1. The second-order valence-electron chi connectivity index (χ2n) is 9.66. The van der Waals surface area contributed by atoms with Crippen LogP contribution in [0.2, 0.25) is 0 Å². The summed E-state index contributed by atoms with van der Waals surface area (Å²) in [4.78, 5) is 41.9. The number of nitrogens with zero attached hydrogens (tertiary/aromatic N) is 3. The van der Waals surface area contributed by atoms with Crippen molar-refractivity contribution in [1.82, 2.24) is 19.5 Å². The molecule has 3 heterocycles. The molecule has 1 unspecified atom stereocenters. The number of aliphatic hydroxyl groups excluding tert-OH is 1. The van der Waals surface area contributed by atoms with Gasteiger partial charge in [0.05, 0.1) is 12.6 Å². The number of hydrogen-bond donors (Lipinski definition) is 4. The van der Waals surface area contributed by atoms with Gasteiger partial charge in [-0.15, -0.1) is 0 Å². The van der Waals surface area contributed by atoms with Gasteiger partial charge in [-0.05, 0) is 51.6 Å². The molecule has 0 spiro atoms. The number of aromatic nitrogens is 2. The Balaban J connectivity index is 1.47. The average molecular weight is 602 g/mol. The van der Waals surface area contributed by atoms with Crippen LogP contribution in [0.4, 0.5) is 14.6 Å². The van der Waals surface area contributed by atoms with Crippen LogP contribution < -0.4 is 20.6 Å². The summed E-state index contributed by atoms with van der Waals surface area (Å²) >= 11 is 0. The van der Waals surface area contributed by atoms with Gasteiger partial charge in [-0.1, -0.05) is 18.2 Å². The molecule has 2 aromatic rings. The molecule has 224 valence electrons. The topological polar surface area (TPSA) is 182 Å². The molecule has 14 nitrogen and oxygen atoms in total. The van der Waals surface area contributed by atoms with Crippen molar-refractivity contribution < 1.29 is 46.9 Å². The number of rotatable bonds is 11. The normalized spacial score (nSPS) is 26.3.